The molecule has 3 aromatic heterocycles. The van der Waals surface area contributed by atoms with Gasteiger partial charge in [-0.25, -0.2) is 4.98 Å². The summed E-state index contributed by atoms with van der Waals surface area (Å²) in [5, 5.41) is 6.64. The van der Waals surface area contributed by atoms with Crippen molar-refractivity contribution in [3.05, 3.63) is 53.7 Å². The zero-order valence-corrected chi connectivity index (χ0v) is 13.3. The largest absolute Gasteiger partial charge is 0.496 e. The van der Waals surface area contributed by atoms with Crippen LogP contribution in [-0.4, -0.2) is 33.2 Å². The van der Waals surface area contributed by atoms with E-state index in [-0.39, 0.29) is 5.91 Å². The number of carbonyl (C=O) groups is 1. The smallest absolute Gasteiger partial charge is 0.260 e. The zero-order chi connectivity index (χ0) is 16.7. The summed E-state index contributed by atoms with van der Waals surface area (Å²) >= 11 is 0. The average molecular weight is 321 g/mol. The Morgan fingerprint density at radius 2 is 2.21 bits per heavy atom. The van der Waals surface area contributed by atoms with E-state index in [0.29, 0.717) is 17.9 Å². The van der Waals surface area contributed by atoms with Crippen molar-refractivity contribution in [2.24, 2.45) is 0 Å². The highest BCUT2D eigenvalue weighted by Crippen LogP contribution is 2.33. The second kappa shape index (κ2) is 5.45. The molecule has 1 amide bonds. The molecule has 7 nitrogen and oxygen atoms in total. The third-order valence-electron chi connectivity index (χ3n) is 4.13. The highest BCUT2D eigenvalue weighted by Gasteiger charge is 2.32. The Labute approximate surface area is 138 Å². The Balaban J connectivity index is 1.80. The lowest BCUT2D eigenvalue weighted by Crippen LogP contribution is -2.22. The Morgan fingerprint density at radius 1 is 1.33 bits per heavy atom. The summed E-state index contributed by atoms with van der Waals surface area (Å²) in [6, 6.07) is 3.69. The molecular formula is C17H15N5O2. The van der Waals surface area contributed by atoms with Crippen molar-refractivity contribution >= 4 is 11.6 Å². The number of hydrogen-bond acceptors (Lipinski definition) is 5. The first-order chi connectivity index (χ1) is 11.7. The van der Waals surface area contributed by atoms with Gasteiger partial charge in [0.05, 0.1) is 48.1 Å². The number of aromatic amines is 1. The molecule has 3 aromatic rings. The molecule has 120 valence electrons. The number of nitrogens with zero attached hydrogens (tertiary/aromatic N) is 4. The number of anilines is 1. The fourth-order valence-corrected chi connectivity index (χ4v) is 2.99. The minimum Gasteiger partial charge on any atom is -0.496 e. The molecule has 0 atom stereocenters. The maximum absolute atomic E-state index is 12.7. The normalized spacial score (nSPS) is 13.2. The van der Waals surface area contributed by atoms with Crippen LogP contribution in [0.2, 0.25) is 0 Å². The number of amides is 1. The predicted octanol–water partition coefficient (Wildman–Crippen LogP) is 2.34. The minimum absolute atomic E-state index is 0.0545. The van der Waals surface area contributed by atoms with Gasteiger partial charge >= 0.3 is 0 Å². The van der Waals surface area contributed by atoms with Gasteiger partial charge in [-0.2, -0.15) is 5.10 Å². The third kappa shape index (κ3) is 2.13. The zero-order valence-electron chi connectivity index (χ0n) is 13.3. The highest BCUT2D eigenvalue weighted by molar-refractivity contribution is 6.10. The van der Waals surface area contributed by atoms with E-state index < -0.39 is 0 Å². The van der Waals surface area contributed by atoms with Crippen molar-refractivity contribution in [1.29, 1.82) is 0 Å². The fourth-order valence-electron chi connectivity index (χ4n) is 2.99. The molecule has 0 spiro atoms. The van der Waals surface area contributed by atoms with Crippen LogP contribution in [-0.2, 0) is 6.54 Å². The first kappa shape index (κ1) is 14.4. The monoisotopic (exact) mass is 321 g/mol. The van der Waals surface area contributed by atoms with Crippen LogP contribution in [0.4, 0.5) is 5.69 Å². The summed E-state index contributed by atoms with van der Waals surface area (Å²) in [4.78, 5) is 23.2. The number of pyridine rings is 2. The van der Waals surface area contributed by atoms with E-state index in [1.165, 1.54) is 0 Å². The van der Waals surface area contributed by atoms with Crippen molar-refractivity contribution in [2.75, 3.05) is 12.0 Å². The number of nitrogens with one attached hydrogen (secondary N) is 1. The van der Waals surface area contributed by atoms with Crippen LogP contribution in [0.25, 0.3) is 11.3 Å². The molecule has 0 fully saturated rings. The van der Waals surface area contributed by atoms with Gasteiger partial charge in [-0.05, 0) is 24.6 Å². The second-order valence-corrected chi connectivity index (χ2v) is 5.57. The van der Waals surface area contributed by atoms with E-state index in [1.54, 1.807) is 42.9 Å². The van der Waals surface area contributed by atoms with Crippen LogP contribution in [0, 0.1) is 6.92 Å². The van der Waals surface area contributed by atoms with Crippen LogP contribution >= 0.6 is 0 Å². The van der Waals surface area contributed by atoms with Crippen LogP contribution in [0.5, 0.6) is 5.75 Å². The number of carbonyl (C=O) groups excluding carboxylic acids is 1. The fraction of sp³-hybridized carbons (Fsp3) is 0.176. The van der Waals surface area contributed by atoms with Crippen LogP contribution < -0.4 is 9.64 Å². The number of fused-ring (bicyclic) bond motifs is 1. The van der Waals surface area contributed by atoms with Crippen molar-refractivity contribution < 1.29 is 9.53 Å². The molecule has 0 saturated carbocycles. The number of rotatable bonds is 3. The number of aromatic nitrogens is 4. The third-order valence-corrected chi connectivity index (χ3v) is 4.13. The second-order valence-electron chi connectivity index (χ2n) is 5.57. The minimum atomic E-state index is -0.0545. The number of ether oxygens (including phenoxy) is 1. The SMILES string of the molecule is COc1ccncc1-c1cc(C)c2c(n1)CN(c1cn[nH]c1)C2=O. The van der Waals surface area contributed by atoms with Gasteiger partial charge in [0.25, 0.3) is 5.91 Å². The van der Waals surface area contributed by atoms with Gasteiger partial charge in [0.1, 0.15) is 5.75 Å². The molecule has 1 aliphatic heterocycles. The molecule has 0 bridgehead atoms. The van der Waals surface area contributed by atoms with E-state index >= 15 is 0 Å². The van der Waals surface area contributed by atoms with Crippen molar-refractivity contribution in [1.82, 2.24) is 20.2 Å². The standard InChI is InChI=1S/C17H15N5O2/c1-10-5-13(12-8-18-4-3-15(12)24-2)21-14-9-22(17(23)16(10)14)11-6-19-20-7-11/h3-8H,9H2,1-2H3,(H,19,20). The maximum atomic E-state index is 12.7. The topological polar surface area (TPSA) is 84.0 Å². The molecule has 0 saturated heterocycles. The van der Waals surface area contributed by atoms with Gasteiger partial charge in [0, 0.05) is 18.6 Å². The number of hydrogen-bond donors (Lipinski definition) is 1. The molecule has 24 heavy (non-hydrogen) atoms. The van der Waals surface area contributed by atoms with Gasteiger partial charge in [-0.1, -0.05) is 0 Å². The number of methoxy groups -OCH3 is 1. The summed E-state index contributed by atoms with van der Waals surface area (Å²) in [6.07, 6.45) is 6.72. The first-order valence-corrected chi connectivity index (χ1v) is 7.48. The van der Waals surface area contributed by atoms with E-state index in [1.807, 2.05) is 13.0 Å². The molecule has 4 rings (SSSR count). The quantitative estimate of drug-likeness (QED) is 0.800. The Morgan fingerprint density at radius 3 is 2.96 bits per heavy atom. The summed E-state index contributed by atoms with van der Waals surface area (Å²) in [5.41, 5.74) is 4.58. The Bertz CT molecular complexity index is 921. The molecule has 7 heteroatoms. The molecule has 1 aliphatic rings. The van der Waals surface area contributed by atoms with Gasteiger partial charge in [0.2, 0.25) is 0 Å². The molecule has 0 unspecified atom stereocenters. The maximum Gasteiger partial charge on any atom is 0.260 e. The summed E-state index contributed by atoms with van der Waals surface area (Å²) in [5.74, 6) is 0.647. The van der Waals surface area contributed by atoms with Gasteiger partial charge in [-0.15, -0.1) is 0 Å². The van der Waals surface area contributed by atoms with Crippen LogP contribution in [0.3, 0.4) is 0 Å². The van der Waals surface area contributed by atoms with Gasteiger partial charge < -0.3 is 4.74 Å². The van der Waals surface area contributed by atoms with E-state index in [4.69, 9.17) is 9.72 Å². The Hall–Kier alpha value is -3.22. The lowest BCUT2D eigenvalue weighted by atomic mass is 10.0. The summed E-state index contributed by atoms with van der Waals surface area (Å²) < 4.78 is 5.39. The lowest BCUT2D eigenvalue weighted by molar-refractivity contribution is 0.0996. The first-order valence-electron chi connectivity index (χ1n) is 7.48. The lowest BCUT2D eigenvalue weighted by Gasteiger charge is -2.11. The molecule has 4 heterocycles. The predicted molar refractivity (Wildman–Crippen MR) is 87.9 cm³/mol. The van der Waals surface area contributed by atoms with Crippen molar-refractivity contribution in [3.8, 4) is 17.0 Å². The molecule has 0 radical (unpaired) electrons. The summed E-state index contributed by atoms with van der Waals surface area (Å²) in [6.45, 7) is 2.34. The van der Waals surface area contributed by atoms with Crippen molar-refractivity contribution in [2.45, 2.75) is 13.5 Å². The van der Waals surface area contributed by atoms with Gasteiger partial charge in [0.15, 0.2) is 0 Å². The van der Waals surface area contributed by atoms with Crippen molar-refractivity contribution in [3.63, 3.8) is 0 Å². The molecular weight excluding hydrogens is 306 g/mol. The highest BCUT2D eigenvalue weighted by atomic mass is 16.5. The van der Waals surface area contributed by atoms with E-state index in [0.717, 1.165) is 28.2 Å². The van der Waals surface area contributed by atoms with Crippen LogP contribution in [0.15, 0.2) is 36.9 Å². The number of aryl methyl sites for hydroxylation is 1. The molecule has 1 N–H and O–H groups in total. The van der Waals surface area contributed by atoms with E-state index in [2.05, 4.69) is 15.2 Å². The molecule has 0 aromatic carbocycles. The van der Waals surface area contributed by atoms with Gasteiger partial charge in [-0.3, -0.25) is 19.8 Å². The average Bonchev–Trinajstić information content (AvgIpc) is 3.23. The molecule has 0 aliphatic carbocycles. The summed E-state index contributed by atoms with van der Waals surface area (Å²) in [7, 11) is 1.61. The Kier molecular flexibility index (Phi) is 3.26. The van der Waals surface area contributed by atoms with E-state index in [9.17, 15) is 4.79 Å². The number of H-pyrrole nitrogens is 1. The van der Waals surface area contributed by atoms with Crippen LogP contribution in [0.1, 0.15) is 21.6 Å².